The highest BCUT2D eigenvalue weighted by atomic mass is 28.4. The quantitative estimate of drug-likeness (QED) is 0.567. The Kier molecular flexibility index (Phi) is 5.48. The molecule has 0 aromatic rings. The minimum Gasteiger partial charge on any atom is -0.413 e. The second kappa shape index (κ2) is 6.35. The average molecular weight is 343 g/mol. The standard InChI is InChI=1S/C16H29NO5Si/c1-11(22-23(7,8)15(2,3)4)16(5,6)14(20)21-17-12(18)9-10-13(17)19/h11H,9-10H2,1-8H3. The molecule has 0 aliphatic carbocycles. The number of nitrogens with zero attached hydrogens (tertiary/aromatic N) is 1. The zero-order valence-electron chi connectivity index (χ0n) is 15.5. The molecule has 132 valence electrons. The molecular formula is C16H29NO5Si. The van der Waals surface area contributed by atoms with Gasteiger partial charge in [0.05, 0.1) is 11.5 Å². The van der Waals surface area contributed by atoms with E-state index in [0.29, 0.717) is 5.06 Å². The van der Waals surface area contributed by atoms with Crippen molar-refractivity contribution in [2.75, 3.05) is 0 Å². The van der Waals surface area contributed by atoms with Gasteiger partial charge in [-0.1, -0.05) is 20.8 Å². The van der Waals surface area contributed by atoms with Crippen molar-refractivity contribution in [2.24, 2.45) is 5.41 Å². The first-order valence-corrected chi connectivity index (χ1v) is 10.9. The molecule has 1 unspecified atom stereocenters. The van der Waals surface area contributed by atoms with Crippen LogP contribution in [0, 0.1) is 5.41 Å². The summed E-state index contributed by atoms with van der Waals surface area (Å²) in [5.41, 5.74) is -0.974. The number of amides is 2. The van der Waals surface area contributed by atoms with E-state index >= 15 is 0 Å². The van der Waals surface area contributed by atoms with Crippen molar-refractivity contribution in [3.8, 4) is 0 Å². The van der Waals surface area contributed by atoms with E-state index in [9.17, 15) is 14.4 Å². The number of hydroxylamine groups is 2. The van der Waals surface area contributed by atoms with E-state index in [1.54, 1.807) is 13.8 Å². The summed E-state index contributed by atoms with van der Waals surface area (Å²) in [6, 6.07) is 0. The smallest absolute Gasteiger partial charge is 0.341 e. The fourth-order valence-corrected chi connectivity index (χ4v) is 3.32. The van der Waals surface area contributed by atoms with Crippen LogP contribution in [0.25, 0.3) is 0 Å². The molecule has 1 atom stereocenters. The Morgan fingerprint density at radius 1 is 1.09 bits per heavy atom. The lowest BCUT2D eigenvalue weighted by Gasteiger charge is -2.42. The topological polar surface area (TPSA) is 72.9 Å². The molecule has 1 rings (SSSR count). The van der Waals surface area contributed by atoms with Crippen LogP contribution < -0.4 is 0 Å². The highest BCUT2D eigenvalue weighted by Gasteiger charge is 2.46. The fraction of sp³-hybridized carbons (Fsp3) is 0.812. The van der Waals surface area contributed by atoms with Gasteiger partial charge < -0.3 is 9.26 Å². The van der Waals surface area contributed by atoms with Gasteiger partial charge in [-0.05, 0) is 38.9 Å². The van der Waals surface area contributed by atoms with Crippen LogP contribution in [0.1, 0.15) is 54.4 Å². The second-order valence-electron chi connectivity index (χ2n) is 8.20. The summed E-state index contributed by atoms with van der Waals surface area (Å²) < 4.78 is 6.26. The van der Waals surface area contributed by atoms with Crippen molar-refractivity contribution in [2.45, 2.75) is 78.6 Å². The number of hydrogen-bond donors (Lipinski definition) is 0. The molecule has 0 spiro atoms. The van der Waals surface area contributed by atoms with E-state index in [-0.39, 0.29) is 17.9 Å². The predicted molar refractivity (Wildman–Crippen MR) is 88.7 cm³/mol. The van der Waals surface area contributed by atoms with Gasteiger partial charge in [0.15, 0.2) is 8.32 Å². The van der Waals surface area contributed by atoms with Crippen LogP contribution in [0.15, 0.2) is 0 Å². The van der Waals surface area contributed by atoms with Crippen LogP contribution in [0.2, 0.25) is 18.1 Å². The Labute approximate surface area is 139 Å². The molecule has 1 saturated heterocycles. The summed E-state index contributed by atoms with van der Waals surface area (Å²) in [6.07, 6.45) is -0.228. The van der Waals surface area contributed by atoms with Crippen molar-refractivity contribution < 1.29 is 23.6 Å². The van der Waals surface area contributed by atoms with E-state index in [2.05, 4.69) is 33.9 Å². The summed E-state index contributed by atoms with van der Waals surface area (Å²) in [4.78, 5) is 40.7. The Hall–Kier alpha value is -1.21. The molecule has 0 aromatic heterocycles. The van der Waals surface area contributed by atoms with Crippen LogP contribution in [0.4, 0.5) is 0 Å². The minimum atomic E-state index is -2.05. The number of rotatable bonds is 5. The summed E-state index contributed by atoms with van der Waals surface area (Å²) >= 11 is 0. The fourth-order valence-electron chi connectivity index (χ4n) is 1.79. The van der Waals surface area contributed by atoms with Crippen LogP contribution in [0.5, 0.6) is 0 Å². The molecule has 0 aromatic carbocycles. The third-order valence-electron chi connectivity index (χ3n) is 5.00. The van der Waals surface area contributed by atoms with Gasteiger partial charge in [-0.3, -0.25) is 9.59 Å². The van der Waals surface area contributed by atoms with Crippen LogP contribution in [0.3, 0.4) is 0 Å². The molecule has 0 bridgehead atoms. The lowest BCUT2D eigenvalue weighted by atomic mass is 9.88. The first-order chi connectivity index (χ1) is 10.2. The summed E-state index contributed by atoms with van der Waals surface area (Å²) in [6.45, 7) is 15.8. The van der Waals surface area contributed by atoms with Gasteiger partial charge in [0.1, 0.15) is 0 Å². The van der Waals surface area contributed by atoms with Crippen molar-refractivity contribution in [1.82, 2.24) is 5.06 Å². The highest BCUT2D eigenvalue weighted by Crippen LogP contribution is 2.40. The number of imide groups is 1. The molecule has 1 aliphatic heterocycles. The number of carbonyl (C=O) groups is 3. The largest absolute Gasteiger partial charge is 0.413 e. The normalized spacial score (nSPS) is 18.3. The lowest BCUT2D eigenvalue weighted by Crippen LogP contribution is -2.50. The zero-order valence-corrected chi connectivity index (χ0v) is 16.5. The lowest BCUT2D eigenvalue weighted by molar-refractivity contribution is -0.207. The molecule has 0 radical (unpaired) electrons. The summed E-state index contributed by atoms with van der Waals surface area (Å²) in [5.74, 6) is -1.58. The van der Waals surface area contributed by atoms with Crippen molar-refractivity contribution >= 4 is 26.1 Å². The van der Waals surface area contributed by atoms with Crippen LogP contribution in [-0.2, 0) is 23.6 Å². The Balaban J connectivity index is 2.82. The second-order valence-corrected chi connectivity index (χ2v) is 13.0. The van der Waals surface area contributed by atoms with E-state index < -0.39 is 37.6 Å². The molecular weight excluding hydrogens is 314 g/mol. The maximum absolute atomic E-state index is 12.5. The van der Waals surface area contributed by atoms with Crippen molar-refractivity contribution in [3.05, 3.63) is 0 Å². The third-order valence-corrected chi connectivity index (χ3v) is 9.56. The molecule has 23 heavy (non-hydrogen) atoms. The molecule has 6 nitrogen and oxygen atoms in total. The molecule has 7 heteroatoms. The average Bonchev–Trinajstić information content (AvgIpc) is 2.68. The van der Waals surface area contributed by atoms with Crippen molar-refractivity contribution in [1.29, 1.82) is 0 Å². The minimum absolute atomic E-state index is 0.0160. The van der Waals surface area contributed by atoms with Gasteiger partial charge in [0.2, 0.25) is 0 Å². The van der Waals surface area contributed by atoms with E-state index in [0.717, 1.165) is 0 Å². The molecule has 0 N–H and O–H groups in total. The zero-order chi connectivity index (χ0) is 18.2. The Morgan fingerprint density at radius 3 is 1.91 bits per heavy atom. The van der Waals surface area contributed by atoms with Crippen molar-refractivity contribution in [3.63, 3.8) is 0 Å². The molecule has 2 amide bonds. The van der Waals surface area contributed by atoms with Crippen LogP contribution >= 0.6 is 0 Å². The molecule has 0 saturated carbocycles. The maximum Gasteiger partial charge on any atom is 0.341 e. The maximum atomic E-state index is 12.5. The van der Waals surface area contributed by atoms with Gasteiger partial charge in [0.25, 0.3) is 11.8 Å². The first kappa shape index (κ1) is 19.8. The summed E-state index contributed by atoms with van der Waals surface area (Å²) in [5, 5.41) is 0.602. The van der Waals surface area contributed by atoms with E-state index in [4.69, 9.17) is 9.26 Å². The van der Waals surface area contributed by atoms with Crippen LogP contribution in [-0.4, -0.2) is 37.3 Å². The van der Waals surface area contributed by atoms with Gasteiger partial charge in [0, 0.05) is 12.8 Å². The Bertz CT molecular complexity index is 491. The SMILES string of the molecule is CC(O[Si](C)(C)C(C)(C)C)C(C)(C)C(=O)ON1C(=O)CCC1=O. The number of hydrogen-bond acceptors (Lipinski definition) is 5. The van der Waals surface area contributed by atoms with Gasteiger partial charge in [-0.25, -0.2) is 4.79 Å². The first-order valence-electron chi connectivity index (χ1n) is 7.96. The number of carbonyl (C=O) groups excluding carboxylic acids is 3. The molecule has 1 aliphatic rings. The molecule has 1 heterocycles. The summed E-state index contributed by atoms with van der Waals surface area (Å²) in [7, 11) is -2.05. The van der Waals surface area contributed by atoms with Gasteiger partial charge in [-0.2, -0.15) is 0 Å². The Morgan fingerprint density at radius 2 is 1.52 bits per heavy atom. The van der Waals surface area contributed by atoms with E-state index in [1.165, 1.54) is 0 Å². The third kappa shape index (κ3) is 4.20. The van der Waals surface area contributed by atoms with Gasteiger partial charge >= 0.3 is 5.97 Å². The highest BCUT2D eigenvalue weighted by molar-refractivity contribution is 6.74. The predicted octanol–water partition coefficient (Wildman–Crippen LogP) is 3.03. The molecule has 1 fully saturated rings. The monoisotopic (exact) mass is 343 g/mol. The van der Waals surface area contributed by atoms with E-state index in [1.807, 2.05) is 6.92 Å². The van der Waals surface area contributed by atoms with Gasteiger partial charge in [-0.15, -0.1) is 5.06 Å².